The molecule has 2 aromatic heterocycles. The molecule has 0 saturated heterocycles. The van der Waals surface area contributed by atoms with Crippen molar-refractivity contribution >= 4 is 61.0 Å². The lowest BCUT2D eigenvalue weighted by Crippen LogP contribution is -2.20. The lowest BCUT2D eigenvalue weighted by molar-refractivity contribution is -0.113. The summed E-state index contributed by atoms with van der Waals surface area (Å²) in [4.78, 5) is 30.7. The minimum atomic E-state index is -3.85. The zero-order valence-corrected chi connectivity index (χ0v) is 22.1. The van der Waals surface area contributed by atoms with E-state index in [4.69, 9.17) is 10.9 Å². The van der Waals surface area contributed by atoms with Gasteiger partial charge in [0.25, 0.3) is 5.91 Å². The van der Waals surface area contributed by atoms with Gasteiger partial charge in [-0.1, -0.05) is 32.0 Å². The Bertz CT molecular complexity index is 1390. The number of nitrogens with one attached hydrogen (secondary N) is 1. The van der Waals surface area contributed by atoms with Gasteiger partial charge in [-0.3, -0.25) is 9.59 Å². The van der Waals surface area contributed by atoms with Gasteiger partial charge in [0.2, 0.25) is 15.9 Å². The number of fused-ring (bicyclic) bond motifs is 2. The Morgan fingerprint density at radius 3 is 2.80 bits per heavy atom. The number of nitrogens with two attached hydrogens (primary N) is 2. The first-order valence-corrected chi connectivity index (χ1v) is 14.8. The number of hydrogen-bond acceptors (Lipinski definition) is 7. The summed E-state index contributed by atoms with van der Waals surface area (Å²) in [6, 6.07) is 4.61. The molecule has 1 aromatic carbocycles. The van der Waals surface area contributed by atoms with Gasteiger partial charge in [-0.2, -0.15) is 0 Å². The molecule has 0 radical (unpaired) electrons. The molecule has 0 fully saturated rings. The highest BCUT2D eigenvalue weighted by Crippen LogP contribution is 2.39. The molecule has 0 unspecified atom stereocenters. The smallest absolute Gasteiger partial charge is 0.251 e. The summed E-state index contributed by atoms with van der Waals surface area (Å²) < 4.78 is 25.5. The zero-order valence-electron chi connectivity index (χ0n) is 19.7. The van der Waals surface area contributed by atoms with Crippen molar-refractivity contribution in [1.29, 1.82) is 0 Å². The maximum atomic E-state index is 12.9. The molecule has 3 aromatic rings. The summed E-state index contributed by atoms with van der Waals surface area (Å²) in [5.74, 6) is -0.170. The van der Waals surface area contributed by atoms with Crippen molar-refractivity contribution < 1.29 is 18.0 Å². The number of amides is 2. The SMILES string of the molecule is CCCCn1c(SCC(=O)Nc2sc3c(c2C(N)=O)CC[C@H](C)C3)nc2cc(S(N)(=O)=O)ccc21. The Kier molecular flexibility index (Phi) is 7.55. The van der Waals surface area contributed by atoms with Crippen molar-refractivity contribution in [3.8, 4) is 0 Å². The van der Waals surface area contributed by atoms with E-state index >= 15 is 0 Å². The summed E-state index contributed by atoms with van der Waals surface area (Å²) in [5.41, 5.74) is 8.34. The minimum Gasteiger partial charge on any atom is -0.365 e. The molecule has 188 valence electrons. The third-order valence-corrected chi connectivity index (χ3v) is 9.15. The van der Waals surface area contributed by atoms with Gasteiger partial charge in [0.15, 0.2) is 5.16 Å². The fourth-order valence-corrected chi connectivity index (χ4v) is 7.11. The van der Waals surface area contributed by atoms with Crippen molar-refractivity contribution in [1.82, 2.24) is 9.55 Å². The van der Waals surface area contributed by atoms with Crippen LogP contribution in [0, 0.1) is 5.92 Å². The van der Waals surface area contributed by atoms with Crippen molar-refractivity contribution in [3.05, 3.63) is 34.2 Å². The molecule has 0 spiro atoms. The molecular formula is C23H29N5O4S3. The molecule has 1 aliphatic carbocycles. The summed E-state index contributed by atoms with van der Waals surface area (Å²) >= 11 is 2.70. The Balaban J connectivity index is 1.55. The number of primary amides is 1. The Labute approximate surface area is 212 Å². The molecule has 2 amide bonds. The number of benzene rings is 1. The van der Waals surface area contributed by atoms with Crippen LogP contribution in [0.2, 0.25) is 0 Å². The number of rotatable bonds is 9. The van der Waals surface area contributed by atoms with E-state index in [-0.39, 0.29) is 16.6 Å². The first kappa shape index (κ1) is 25.7. The number of aryl methyl sites for hydroxylation is 1. The van der Waals surface area contributed by atoms with Crippen molar-refractivity contribution in [2.75, 3.05) is 11.1 Å². The lowest BCUT2D eigenvalue weighted by atomic mass is 9.88. The third-order valence-electron chi connectivity index (χ3n) is 6.09. The van der Waals surface area contributed by atoms with Crippen LogP contribution in [0.25, 0.3) is 11.0 Å². The molecule has 12 heteroatoms. The number of nitrogens with zero attached hydrogens (tertiary/aromatic N) is 2. The standard InChI is InChI=1S/C23H29N5O4S3/c1-3-4-9-28-17-8-6-14(35(25,31)32)11-16(17)26-23(28)33-12-19(29)27-22-20(21(24)30)15-7-5-13(2)10-18(15)34-22/h6,8,11,13H,3-5,7,9-10,12H2,1-2H3,(H2,24,30)(H,27,29)(H2,25,31,32)/t13-/m0/s1. The predicted octanol–water partition coefficient (Wildman–Crippen LogP) is 3.50. The van der Waals surface area contributed by atoms with Crippen LogP contribution in [0.1, 0.15) is 53.9 Å². The van der Waals surface area contributed by atoms with E-state index in [2.05, 4.69) is 24.1 Å². The Morgan fingerprint density at radius 1 is 1.34 bits per heavy atom. The first-order valence-electron chi connectivity index (χ1n) is 11.5. The van der Waals surface area contributed by atoms with Crippen molar-refractivity contribution in [2.45, 2.75) is 62.5 Å². The summed E-state index contributed by atoms with van der Waals surface area (Å²) in [5, 5.41) is 9.28. The molecular weight excluding hydrogens is 506 g/mol. The molecule has 0 bridgehead atoms. The Morgan fingerprint density at radius 2 is 2.11 bits per heavy atom. The molecule has 4 rings (SSSR count). The van der Waals surface area contributed by atoms with E-state index in [0.717, 1.165) is 48.1 Å². The number of sulfonamides is 1. The van der Waals surface area contributed by atoms with E-state index in [9.17, 15) is 18.0 Å². The molecule has 0 aliphatic heterocycles. The first-order chi connectivity index (χ1) is 16.6. The number of imidazole rings is 1. The maximum absolute atomic E-state index is 12.9. The number of carbonyl (C=O) groups excluding carboxylic acids is 2. The van der Waals surface area contributed by atoms with Crippen molar-refractivity contribution in [3.63, 3.8) is 0 Å². The van der Waals surface area contributed by atoms with E-state index in [1.807, 2.05) is 4.57 Å². The summed E-state index contributed by atoms with van der Waals surface area (Å²) in [6.07, 6.45) is 4.54. The van der Waals surface area contributed by atoms with Crippen LogP contribution in [0.3, 0.4) is 0 Å². The van der Waals surface area contributed by atoms with E-state index < -0.39 is 15.9 Å². The highest BCUT2D eigenvalue weighted by atomic mass is 32.2. The minimum absolute atomic E-state index is 0.00519. The van der Waals surface area contributed by atoms with Gasteiger partial charge in [-0.05, 0) is 55.4 Å². The molecule has 2 heterocycles. The van der Waals surface area contributed by atoms with Crippen LogP contribution in [0.5, 0.6) is 0 Å². The predicted molar refractivity (Wildman–Crippen MR) is 139 cm³/mol. The second kappa shape index (κ2) is 10.3. The van der Waals surface area contributed by atoms with E-state index in [1.165, 1.54) is 35.2 Å². The third kappa shape index (κ3) is 5.55. The molecule has 5 N–H and O–H groups in total. The van der Waals surface area contributed by atoms with Gasteiger partial charge >= 0.3 is 0 Å². The van der Waals surface area contributed by atoms with Gasteiger partial charge in [0.1, 0.15) is 5.00 Å². The van der Waals surface area contributed by atoms with Crippen molar-refractivity contribution in [2.24, 2.45) is 16.8 Å². The second-order valence-electron chi connectivity index (χ2n) is 8.85. The van der Waals surface area contributed by atoms with Crippen LogP contribution in [0.4, 0.5) is 5.00 Å². The van der Waals surface area contributed by atoms with E-state index in [0.29, 0.717) is 33.7 Å². The highest BCUT2D eigenvalue weighted by Gasteiger charge is 2.27. The van der Waals surface area contributed by atoms with Gasteiger partial charge in [-0.15, -0.1) is 11.3 Å². The maximum Gasteiger partial charge on any atom is 0.251 e. The molecule has 9 nitrogen and oxygen atoms in total. The molecule has 1 atom stereocenters. The van der Waals surface area contributed by atoms with Gasteiger partial charge in [0, 0.05) is 11.4 Å². The number of primary sulfonamides is 1. The quantitative estimate of drug-likeness (QED) is 0.357. The van der Waals surface area contributed by atoms with Crippen LogP contribution in [0.15, 0.2) is 28.3 Å². The molecule has 0 saturated carbocycles. The van der Waals surface area contributed by atoms with Crippen LogP contribution < -0.4 is 16.2 Å². The monoisotopic (exact) mass is 535 g/mol. The Hall–Kier alpha value is -2.41. The number of unbranched alkanes of at least 4 members (excludes halogenated alkanes) is 1. The fraction of sp³-hybridized carbons (Fsp3) is 0.435. The number of thioether (sulfide) groups is 1. The normalized spacial score (nSPS) is 15.8. The fourth-order valence-electron chi connectivity index (χ4n) is 4.30. The zero-order chi connectivity index (χ0) is 25.3. The summed E-state index contributed by atoms with van der Waals surface area (Å²) in [6.45, 7) is 4.95. The number of anilines is 1. The van der Waals surface area contributed by atoms with E-state index in [1.54, 1.807) is 6.07 Å². The average Bonchev–Trinajstić information content (AvgIpc) is 3.31. The average molecular weight is 536 g/mol. The number of thiophene rings is 1. The second-order valence-corrected chi connectivity index (χ2v) is 12.5. The number of hydrogen-bond donors (Lipinski definition) is 3. The lowest BCUT2D eigenvalue weighted by Gasteiger charge is -2.18. The topological polar surface area (TPSA) is 150 Å². The largest absolute Gasteiger partial charge is 0.365 e. The number of aromatic nitrogens is 2. The van der Waals surface area contributed by atoms with Crippen LogP contribution >= 0.6 is 23.1 Å². The van der Waals surface area contributed by atoms with Crippen LogP contribution in [-0.2, 0) is 34.2 Å². The highest BCUT2D eigenvalue weighted by molar-refractivity contribution is 7.99. The van der Waals surface area contributed by atoms with Gasteiger partial charge in [0.05, 0.1) is 27.2 Å². The summed E-state index contributed by atoms with van der Waals surface area (Å²) in [7, 11) is -3.85. The molecule has 1 aliphatic rings. The molecule has 35 heavy (non-hydrogen) atoms. The van der Waals surface area contributed by atoms with Gasteiger partial charge in [-0.25, -0.2) is 18.5 Å². The van der Waals surface area contributed by atoms with Gasteiger partial charge < -0.3 is 15.6 Å². The van der Waals surface area contributed by atoms with Crippen LogP contribution in [-0.4, -0.2) is 35.5 Å². The number of carbonyl (C=O) groups is 2.